The maximum Gasteiger partial charge on any atom is 0.0468 e. The highest BCUT2D eigenvalue weighted by molar-refractivity contribution is 4.72. The molecule has 1 rings (SSSR count). The third kappa shape index (κ3) is 3.95. The molecule has 1 N–H and O–H groups in total. The summed E-state index contributed by atoms with van der Waals surface area (Å²) in [6.07, 6.45) is 1.26. The molecule has 0 saturated carbocycles. The first-order valence-corrected chi connectivity index (χ1v) is 5.81. The molecule has 0 aromatic heterocycles. The van der Waals surface area contributed by atoms with E-state index in [-0.39, 0.29) is 0 Å². The highest BCUT2D eigenvalue weighted by atomic mass is 16.3. The van der Waals surface area contributed by atoms with Gasteiger partial charge in [-0.15, -0.1) is 0 Å². The molecule has 0 bridgehead atoms. The lowest BCUT2D eigenvalue weighted by molar-refractivity contribution is 0.105. The van der Waals surface area contributed by atoms with E-state index in [0.29, 0.717) is 12.5 Å². The van der Waals surface area contributed by atoms with E-state index in [4.69, 9.17) is 5.11 Å². The monoisotopic (exact) mass is 200 g/mol. The zero-order valence-electron chi connectivity index (χ0n) is 9.58. The Morgan fingerprint density at radius 3 is 2.21 bits per heavy atom. The van der Waals surface area contributed by atoms with Crippen LogP contribution in [0.5, 0.6) is 0 Å². The molecule has 1 heterocycles. The second-order valence-electron chi connectivity index (χ2n) is 4.43. The first-order valence-electron chi connectivity index (χ1n) is 5.81. The molecule has 1 unspecified atom stereocenters. The lowest BCUT2D eigenvalue weighted by Crippen LogP contribution is -2.47. The van der Waals surface area contributed by atoms with Crippen LogP contribution in [0.1, 0.15) is 20.3 Å². The topological polar surface area (TPSA) is 26.7 Å². The van der Waals surface area contributed by atoms with Gasteiger partial charge in [-0.3, -0.25) is 0 Å². The molecule has 1 atom stereocenters. The molecule has 1 fully saturated rings. The van der Waals surface area contributed by atoms with Gasteiger partial charge in [0.25, 0.3) is 0 Å². The summed E-state index contributed by atoms with van der Waals surface area (Å²) in [7, 11) is 0. The Kier molecular flexibility index (Phi) is 5.45. The van der Waals surface area contributed by atoms with Crippen molar-refractivity contribution in [3.8, 4) is 0 Å². The molecule has 3 heteroatoms. The molecule has 0 spiro atoms. The van der Waals surface area contributed by atoms with Gasteiger partial charge in [-0.2, -0.15) is 0 Å². The summed E-state index contributed by atoms with van der Waals surface area (Å²) >= 11 is 0. The van der Waals surface area contributed by atoms with Crippen LogP contribution < -0.4 is 0 Å². The second kappa shape index (κ2) is 6.38. The van der Waals surface area contributed by atoms with Gasteiger partial charge in [0, 0.05) is 39.3 Å². The summed E-state index contributed by atoms with van der Waals surface area (Å²) in [6, 6.07) is 0. The highest BCUT2D eigenvalue weighted by Crippen LogP contribution is 2.05. The number of aliphatic hydroxyl groups excluding tert-OH is 1. The van der Waals surface area contributed by atoms with E-state index in [9.17, 15) is 0 Å². The minimum atomic E-state index is 0.315. The molecular weight excluding hydrogens is 176 g/mol. The van der Waals surface area contributed by atoms with E-state index < -0.39 is 0 Å². The molecule has 1 saturated heterocycles. The van der Waals surface area contributed by atoms with Crippen LogP contribution in [0.3, 0.4) is 0 Å². The highest BCUT2D eigenvalue weighted by Gasteiger charge is 2.17. The molecule has 14 heavy (non-hydrogen) atoms. The minimum Gasteiger partial charge on any atom is -0.396 e. The number of aliphatic hydroxyl groups is 1. The van der Waals surface area contributed by atoms with Crippen molar-refractivity contribution in [3.63, 3.8) is 0 Å². The fourth-order valence-electron chi connectivity index (χ4n) is 2.01. The van der Waals surface area contributed by atoms with Crippen molar-refractivity contribution in [2.75, 3.05) is 45.9 Å². The Morgan fingerprint density at radius 1 is 1.14 bits per heavy atom. The van der Waals surface area contributed by atoms with Crippen LogP contribution in [-0.2, 0) is 0 Å². The van der Waals surface area contributed by atoms with E-state index in [1.54, 1.807) is 0 Å². The molecular formula is C11H24N2O. The van der Waals surface area contributed by atoms with Crippen molar-refractivity contribution in [2.45, 2.75) is 20.3 Å². The Morgan fingerprint density at radius 2 is 1.71 bits per heavy atom. The smallest absolute Gasteiger partial charge is 0.0468 e. The summed E-state index contributed by atoms with van der Waals surface area (Å²) in [5.41, 5.74) is 0. The Hall–Kier alpha value is -0.120. The van der Waals surface area contributed by atoms with Crippen LogP contribution in [0.25, 0.3) is 0 Å². The fourth-order valence-corrected chi connectivity index (χ4v) is 2.01. The molecule has 0 aromatic carbocycles. The van der Waals surface area contributed by atoms with E-state index in [0.717, 1.165) is 6.54 Å². The first-order chi connectivity index (χ1) is 6.76. The molecule has 84 valence electrons. The largest absolute Gasteiger partial charge is 0.396 e. The Labute approximate surface area is 87.7 Å². The quantitative estimate of drug-likeness (QED) is 0.705. The van der Waals surface area contributed by atoms with E-state index >= 15 is 0 Å². The van der Waals surface area contributed by atoms with Crippen molar-refractivity contribution >= 4 is 0 Å². The average Bonchev–Trinajstić information content (AvgIpc) is 2.21. The van der Waals surface area contributed by atoms with Crippen molar-refractivity contribution in [2.24, 2.45) is 5.92 Å². The standard InChI is InChI=1S/C11H24N2O/c1-3-4-12-5-7-13(8-6-12)9-11(2)10-14/h11,14H,3-10H2,1-2H3. The van der Waals surface area contributed by atoms with Gasteiger partial charge in [0.2, 0.25) is 0 Å². The number of piperazine rings is 1. The zero-order valence-corrected chi connectivity index (χ0v) is 9.58. The average molecular weight is 200 g/mol. The van der Waals surface area contributed by atoms with Crippen LogP contribution in [-0.4, -0.2) is 60.8 Å². The van der Waals surface area contributed by atoms with Gasteiger partial charge in [0.1, 0.15) is 0 Å². The summed E-state index contributed by atoms with van der Waals surface area (Å²) in [6.45, 7) is 11.7. The zero-order chi connectivity index (χ0) is 10.4. The normalized spacial score (nSPS) is 22.5. The van der Waals surface area contributed by atoms with Gasteiger partial charge in [-0.05, 0) is 18.9 Å². The van der Waals surface area contributed by atoms with Crippen LogP contribution in [0.2, 0.25) is 0 Å². The molecule has 1 aliphatic rings. The molecule has 0 aliphatic carbocycles. The Balaban J connectivity index is 2.15. The van der Waals surface area contributed by atoms with Crippen molar-refractivity contribution in [3.05, 3.63) is 0 Å². The minimum absolute atomic E-state index is 0.315. The van der Waals surface area contributed by atoms with Gasteiger partial charge < -0.3 is 14.9 Å². The fraction of sp³-hybridized carbons (Fsp3) is 1.00. The maximum absolute atomic E-state index is 8.96. The summed E-state index contributed by atoms with van der Waals surface area (Å²) in [5.74, 6) is 0.424. The van der Waals surface area contributed by atoms with E-state index in [1.165, 1.54) is 39.1 Å². The number of nitrogens with zero attached hydrogens (tertiary/aromatic N) is 2. The third-order valence-electron chi connectivity index (χ3n) is 2.89. The van der Waals surface area contributed by atoms with Crippen LogP contribution in [0.15, 0.2) is 0 Å². The molecule has 1 aliphatic heterocycles. The first kappa shape index (κ1) is 12.0. The van der Waals surface area contributed by atoms with Gasteiger partial charge in [0.15, 0.2) is 0 Å². The summed E-state index contributed by atoms with van der Waals surface area (Å²) in [4.78, 5) is 4.99. The molecule has 0 aromatic rings. The second-order valence-corrected chi connectivity index (χ2v) is 4.43. The predicted molar refractivity (Wildman–Crippen MR) is 59.4 cm³/mol. The predicted octanol–water partition coefficient (Wildman–Crippen LogP) is 0.642. The number of rotatable bonds is 5. The summed E-state index contributed by atoms with van der Waals surface area (Å²) < 4.78 is 0. The Bertz CT molecular complexity index is 144. The number of hydrogen-bond acceptors (Lipinski definition) is 3. The van der Waals surface area contributed by atoms with Crippen LogP contribution >= 0.6 is 0 Å². The molecule has 0 amide bonds. The van der Waals surface area contributed by atoms with Gasteiger partial charge in [-0.25, -0.2) is 0 Å². The van der Waals surface area contributed by atoms with E-state index in [2.05, 4.69) is 23.6 Å². The molecule has 0 radical (unpaired) electrons. The van der Waals surface area contributed by atoms with Gasteiger partial charge in [0.05, 0.1) is 0 Å². The van der Waals surface area contributed by atoms with Gasteiger partial charge >= 0.3 is 0 Å². The van der Waals surface area contributed by atoms with Crippen molar-refractivity contribution in [1.29, 1.82) is 0 Å². The summed E-state index contributed by atoms with van der Waals surface area (Å²) in [5, 5.41) is 8.96. The number of hydrogen-bond donors (Lipinski definition) is 1. The van der Waals surface area contributed by atoms with E-state index in [1.807, 2.05) is 0 Å². The third-order valence-corrected chi connectivity index (χ3v) is 2.89. The lowest BCUT2D eigenvalue weighted by Gasteiger charge is -2.35. The van der Waals surface area contributed by atoms with Crippen molar-refractivity contribution in [1.82, 2.24) is 9.80 Å². The lowest BCUT2D eigenvalue weighted by atomic mass is 10.1. The van der Waals surface area contributed by atoms with Crippen LogP contribution in [0, 0.1) is 5.92 Å². The van der Waals surface area contributed by atoms with Gasteiger partial charge in [-0.1, -0.05) is 13.8 Å². The SMILES string of the molecule is CCCN1CCN(CC(C)CO)CC1. The maximum atomic E-state index is 8.96. The van der Waals surface area contributed by atoms with Crippen LogP contribution in [0.4, 0.5) is 0 Å². The molecule has 3 nitrogen and oxygen atoms in total. The van der Waals surface area contributed by atoms with Crippen molar-refractivity contribution < 1.29 is 5.11 Å².